The highest BCUT2D eigenvalue weighted by atomic mass is 79.9. The standard InChI is InChI=1S/C19H19BrClN3OS/c1-23(2)10-5-11-24(18(25)14-6-3-4-7-15(14)21)19-22-16-9-8-13(20)12-17(16)26-19/h3-4,6-9,12H,5,10-11H2,1-2H3. The van der Waals surface area contributed by atoms with E-state index in [1.54, 1.807) is 17.0 Å². The predicted octanol–water partition coefficient (Wildman–Crippen LogP) is 5.31. The third-order valence-electron chi connectivity index (χ3n) is 3.91. The Balaban J connectivity index is 1.96. The second-order valence-electron chi connectivity index (χ2n) is 6.20. The number of thiazole rings is 1. The number of benzene rings is 2. The van der Waals surface area contributed by atoms with Crippen molar-refractivity contribution in [2.75, 3.05) is 32.1 Å². The van der Waals surface area contributed by atoms with E-state index in [9.17, 15) is 4.79 Å². The Morgan fingerprint density at radius 3 is 2.69 bits per heavy atom. The fourth-order valence-electron chi connectivity index (χ4n) is 2.61. The molecule has 3 aromatic rings. The van der Waals surface area contributed by atoms with Crippen LogP contribution in [0.4, 0.5) is 5.13 Å². The largest absolute Gasteiger partial charge is 0.309 e. The molecule has 0 aliphatic heterocycles. The third-order valence-corrected chi connectivity index (χ3v) is 5.77. The van der Waals surface area contributed by atoms with Crippen LogP contribution in [0.25, 0.3) is 10.2 Å². The maximum atomic E-state index is 13.2. The zero-order valence-corrected chi connectivity index (χ0v) is 17.7. The molecule has 0 radical (unpaired) electrons. The Hall–Kier alpha value is -1.47. The predicted molar refractivity (Wildman–Crippen MR) is 114 cm³/mol. The summed E-state index contributed by atoms with van der Waals surface area (Å²) in [6, 6.07) is 13.1. The van der Waals surface area contributed by atoms with E-state index in [0.717, 1.165) is 27.7 Å². The van der Waals surface area contributed by atoms with Gasteiger partial charge in [-0.15, -0.1) is 0 Å². The fraction of sp³-hybridized carbons (Fsp3) is 0.263. The number of carbonyl (C=O) groups is 1. The minimum Gasteiger partial charge on any atom is -0.309 e. The van der Waals surface area contributed by atoms with E-state index in [1.165, 1.54) is 11.3 Å². The van der Waals surface area contributed by atoms with Gasteiger partial charge in [0.1, 0.15) is 0 Å². The number of aromatic nitrogens is 1. The number of anilines is 1. The van der Waals surface area contributed by atoms with Crippen molar-refractivity contribution < 1.29 is 4.79 Å². The number of hydrogen-bond acceptors (Lipinski definition) is 4. The van der Waals surface area contributed by atoms with Crippen LogP contribution in [0, 0.1) is 0 Å². The summed E-state index contributed by atoms with van der Waals surface area (Å²) in [6.07, 6.45) is 0.850. The lowest BCUT2D eigenvalue weighted by molar-refractivity contribution is 0.0986. The van der Waals surface area contributed by atoms with Gasteiger partial charge in [0.25, 0.3) is 5.91 Å². The Labute approximate surface area is 170 Å². The van der Waals surface area contributed by atoms with E-state index >= 15 is 0 Å². The smallest absolute Gasteiger partial charge is 0.261 e. The van der Waals surface area contributed by atoms with Crippen molar-refractivity contribution in [2.45, 2.75) is 6.42 Å². The average molecular weight is 453 g/mol. The average Bonchev–Trinajstić information content (AvgIpc) is 3.01. The molecule has 0 unspecified atom stereocenters. The Morgan fingerprint density at radius 2 is 1.96 bits per heavy atom. The highest BCUT2D eigenvalue weighted by molar-refractivity contribution is 9.10. The normalized spacial score (nSPS) is 11.3. The van der Waals surface area contributed by atoms with E-state index < -0.39 is 0 Å². The monoisotopic (exact) mass is 451 g/mol. The molecule has 0 spiro atoms. The molecule has 3 rings (SSSR count). The van der Waals surface area contributed by atoms with Gasteiger partial charge in [0, 0.05) is 11.0 Å². The first-order valence-electron chi connectivity index (χ1n) is 8.23. The Bertz CT molecular complexity index is 928. The number of fused-ring (bicyclic) bond motifs is 1. The number of rotatable bonds is 6. The highest BCUT2D eigenvalue weighted by Crippen LogP contribution is 2.32. The maximum absolute atomic E-state index is 13.2. The summed E-state index contributed by atoms with van der Waals surface area (Å²) >= 11 is 11.3. The zero-order valence-electron chi connectivity index (χ0n) is 14.6. The minimum atomic E-state index is -0.118. The minimum absolute atomic E-state index is 0.118. The van der Waals surface area contributed by atoms with Crippen LogP contribution >= 0.6 is 38.9 Å². The van der Waals surface area contributed by atoms with E-state index in [4.69, 9.17) is 11.6 Å². The van der Waals surface area contributed by atoms with Gasteiger partial charge in [-0.3, -0.25) is 9.69 Å². The molecule has 0 aliphatic carbocycles. The van der Waals surface area contributed by atoms with Crippen molar-refractivity contribution in [2.24, 2.45) is 0 Å². The lowest BCUT2D eigenvalue weighted by atomic mass is 10.2. The molecule has 136 valence electrons. The number of carbonyl (C=O) groups excluding carboxylic acids is 1. The van der Waals surface area contributed by atoms with Crippen LogP contribution in [-0.4, -0.2) is 43.0 Å². The second-order valence-corrected chi connectivity index (χ2v) is 8.53. The van der Waals surface area contributed by atoms with Gasteiger partial charge >= 0.3 is 0 Å². The van der Waals surface area contributed by atoms with Gasteiger partial charge in [-0.2, -0.15) is 0 Å². The van der Waals surface area contributed by atoms with Gasteiger partial charge in [0.2, 0.25) is 0 Å². The molecule has 1 heterocycles. The summed E-state index contributed by atoms with van der Waals surface area (Å²) < 4.78 is 2.04. The van der Waals surface area contributed by atoms with E-state index in [0.29, 0.717) is 22.3 Å². The molecule has 1 aromatic heterocycles. The number of amides is 1. The molecule has 0 fully saturated rings. The van der Waals surface area contributed by atoms with Crippen molar-refractivity contribution >= 4 is 60.1 Å². The molecule has 0 aliphatic rings. The molecule has 0 N–H and O–H groups in total. The first-order chi connectivity index (χ1) is 12.5. The van der Waals surface area contributed by atoms with Crippen LogP contribution in [0.1, 0.15) is 16.8 Å². The van der Waals surface area contributed by atoms with Crippen molar-refractivity contribution in [3.05, 3.63) is 57.5 Å². The van der Waals surface area contributed by atoms with Crippen LogP contribution in [-0.2, 0) is 0 Å². The van der Waals surface area contributed by atoms with Crippen molar-refractivity contribution in [3.63, 3.8) is 0 Å². The van der Waals surface area contributed by atoms with E-state index in [-0.39, 0.29) is 5.91 Å². The molecule has 26 heavy (non-hydrogen) atoms. The van der Waals surface area contributed by atoms with Gasteiger partial charge in [-0.1, -0.05) is 51.0 Å². The number of hydrogen-bond donors (Lipinski definition) is 0. The molecule has 0 saturated heterocycles. The summed E-state index contributed by atoms with van der Waals surface area (Å²) in [5, 5.41) is 1.15. The fourth-order valence-corrected chi connectivity index (χ4v) is 4.37. The van der Waals surface area contributed by atoms with Gasteiger partial charge < -0.3 is 4.90 Å². The summed E-state index contributed by atoms with van der Waals surface area (Å²) in [5.41, 5.74) is 1.39. The molecule has 0 saturated carbocycles. The summed E-state index contributed by atoms with van der Waals surface area (Å²) in [6.45, 7) is 1.48. The zero-order chi connectivity index (χ0) is 18.7. The molecule has 0 atom stereocenters. The molecule has 0 bridgehead atoms. The Kier molecular flexibility index (Phi) is 6.29. The van der Waals surface area contributed by atoms with Gasteiger partial charge in [-0.05, 0) is 57.4 Å². The number of halogens is 2. The molecule has 4 nitrogen and oxygen atoms in total. The lowest BCUT2D eigenvalue weighted by Crippen LogP contribution is -2.33. The molecule has 2 aromatic carbocycles. The van der Waals surface area contributed by atoms with Gasteiger partial charge in [-0.25, -0.2) is 4.98 Å². The SMILES string of the molecule is CN(C)CCCN(C(=O)c1ccccc1Cl)c1nc2ccc(Br)cc2s1. The lowest BCUT2D eigenvalue weighted by Gasteiger charge is -2.21. The Morgan fingerprint density at radius 1 is 1.19 bits per heavy atom. The quantitative estimate of drug-likeness (QED) is 0.508. The second kappa shape index (κ2) is 8.48. The van der Waals surface area contributed by atoms with Crippen LogP contribution in [0.15, 0.2) is 46.9 Å². The van der Waals surface area contributed by atoms with Crippen LogP contribution in [0.2, 0.25) is 5.02 Å². The van der Waals surface area contributed by atoms with Crippen molar-refractivity contribution in [3.8, 4) is 0 Å². The van der Waals surface area contributed by atoms with Gasteiger partial charge in [0.15, 0.2) is 5.13 Å². The summed E-state index contributed by atoms with van der Waals surface area (Å²) in [7, 11) is 4.05. The molecule has 7 heteroatoms. The van der Waals surface area contributed by atoms with Gasteiger partial charge in [0.05, 0.1) is 20.8 Å². The molecule has 1 amide bonds. The third kappa shape index (κ3) is 4.43. The van der Waals surface area contributed by atoms with E-state index in [1.807, 2.05) is 44.4 Å². The molecular formula is C19H19BrClN3OS. The first-order valence-corrected chi connectivity index (χ1v) is 10.2. The van der Waals surface area contributed by atoms with Crippen molar-refractivity contribution in [1.82, 2.24) is 9.88 Å². The van der Waals surface area contributed by atoms with Crippen LogP contribution in [0.3, 0.4) is 0 Å². The first kappa shape index (κ1) is 19.3. The van der Waals surface area contributed by atoms with Crippen LogP contribution < -0.4 is 4.90 Å². The topological polar surface area (TPSA) is 36.4 Å². The summed E-state index contributed by atoms with van der Waals surface area (Å²) in [5.74, 6) is -0.118. The maximum Gasteiger partial charge on any atom is 0.261 e. The summed E-state index contributed by atoms with van der Waals surface area (Å²) in [4.78, 5) is 21.7. The highest BCUT2D eigenvalue weighted by Gasteiger charge is 2.22. The van der Waals surface area contributed by atoms with E-state index in [2.05, 4.69) is 25.8 Å². The number of nitrogens with zero attached hydrogens (tertiary/aromatic N) is 3. The molecular weight excluding hydrogens is 434 g/mol. The van der Waals surface area contributed by atoms with Crippen molar-refractivity contribution in [1.29, 1.82) is 0 Å². The van der Waals surface area contributed by atoms with Crippen LogP contribution in [0.5, 0.6) is 0 Å².